The van der Waals surface area contributed by atoms with Gasteiger partial charge in [-0.15, -0.1) is 0 Å². The molecule has 14 heteroatoms. The first kappa shape index (κ1) is 59.5. The monoisotopic (exact) mass is 1260 g/mol. The number of aryl methyl sites for hydroxylation is 2. The van der Waals surface area contributed by atoms with Gasteiger partial charge in [-0.3, -0.25) is 0 Å². The number of para-hydroxylation sites is 4. The Labute approximate surface area is 540 Å². The van der Waals surface area contributed by atoms with Crippen LogP contribution in [0.2, 0.25) is 0 Å². The van der Waals surface area contributed by atoms with E-state index < -0.39 is 0 Å². The molecule has 0 fully saturated rings. The summed E-state index contributed by atoms with van der Waals surface area (Å²) in [6, 6.07) is 98.1. The highest BCUT2D eigenvalue weighted by Gasteiger charge is 2.18. The van der Waals surface area contributed by atoms with Crippen molar-refractivity contribution in [3.8, 4) is 102 Å². The molecular formula is C78H57BBrN10O2. The van der Waals surface area contributed by atoms with E-state index in [0.29, 0.717) is 34.9 Å². The molecule has 0 aliphatic heterocycles. The standard InChI is InChI=1S/C39H27N5.C21H14BrN3.C18H14BN2O.H2O/c1-44-35-19-11-10-18-34(35)40-39(44)31-23-21-28-24-30(22-20-29(28)25-31)32-16-8-9-17-33(32)38-42-36(26-12-4-2-5-13-26)41-37(43-38)27-14-6-3-7-15-27;22-18-14-8-7-13-17(18)21-24-19(15-9-3-1-4-10-15)23-20(25-21)16-11-5-2-6-12-16;1-21-17-5-3-2-4-16(17)20-18(21)14-7-6-13-11-15(19-22)9-8-12(13)10-14;/h2-25H,1H3;1-14H;2-11,22H,1H3;1H2. The molecule has 92 heavy (non-hydrogen) atoms. The summed E-state index contributed by atoms with van der Waals surface area (Å²) >= 11 is 3.59. The van der Waals surface area contributed by atoms with Crippen LogP contribution in [0.15, 0.2) is 296 Å². The van der Waals surface area contributed by atoms with Crippen molar-refractivity contribution in [3.63, 3.8) is 0 Å². The number of fused-ring (bicyclic) bond motifs is 4. The van der Waals surface area contributed by atoms with Crippen LogP contribution in [0.25, 0.3) is 146 Å². The van der Waals surface area contributed by atoms with E-state index in [0.717, 1.165) is 128 Å². The molecule has 12 nitrogen and oxygen atoms in total. The molecule has 0 unspecified atom stereocenters. The summed E-state index contributed by atoms with van der Waals surface area (Å²) < 4.78 is 5.23. The van der Waals surface area contributed by atoms with E-state index in [4.69, 9.17) is 44.9 Å². The fourth-order valence-corrected chi connectivity index (χ4v) is 11.7. The van der Waals surface area contributed by atoms with Crippen LogP contribution in [-0.2, 0) is 14.1 Å². The lowest BCUT2D eigenvalue weighted by Gasteiger charge is -2.13. The quantitative estimate of drug-likeness (QED) is 0.131. The van der Waals surface area contributed by atoms with Crippen molar-refractivity contribution >= 4 is 72.5 Å². The molecule has 0 aliphatic carbocycles. The molecule has 3 N–H and O–H groups in total. The lowest BCUT2D eigenvalue weighted by Crippen LogP contribution is -2.12. The largest absolute Gasteiger partial charge is 0.450 e. The number of halogens is 1. The Bertz CT molecular complexity index is 5170. The highest BCUT2D eigenvalue weighted by molar-refractivity contribution is 9.10. The van der Waals surface area contributed by atoms with Crippen LogP contribution in [0.1, 0.15) is 0 Å². The van der Waals surface area contributed by atoms with Crippen molar-refractivity contribution in [2.75, 3.05) is 0 Å². The van der Waals surface area contributed by atoms with Crippen LogP contribution in [0.5, 0.6) is 0 Å². The maximum absolute atomic E-state index is 9.11. The SMILES string of the molecule is Brc1ccccc1-c1nc(-c2ccccc2)nc(-c2ccccc2)n1.Cn1c(-c2ccc3cc(-c4ccccc4-c4nc(-c5ccccc5)nc(-c5ccccc5)n4)ccc3c2)nc2ccccc21.Cn1c(-c2ccc3cc([B]O)ccc3c2)nc2ccccc21.O. The van der Waals surface area contributed by atoms with E-state index in [9.17, 15) is 0 Å². The molecular weight excluding hydrogens is 1200 g/mol. The summed E-state index contributed by atoms with van der Waals surface area (Å²) in [4.78, 5) is 38.6. The second kappa shape index (κ2) is 26.7. The third-order valence-electron chi connectivity index (χ3n) is 15.9. The van der Waals surface area contributed by atoms with Crippen LogP contribution < -0.4 is 5.46 Å². The van der Waals surface area contributed by atoms with E-state index >= 15 is 0 Å². The smallest absolute Gasteiger partial charge is 0.326 e. The van der Waals surface area contributed by atoms with Gasteiger partial charge in [-0.1, -0.05) is 264 Å². The summed E-state index contributed by atoms with van der Waals surface area (Å²) in [5, 5.41) is 13.7. The number of benzene rings is 12. The molecule has 4 heterocycles. The van der Waals surface area contributed by atoms with Gasteiger partial charge in [0.05, 0.1) is 22.1 Å². The van der Waals surface area contributed by atoms with Gasteiger partial charge >= 0.3 is 7.48 Å². The van der Waals surface area contributed by atoms with Gasteiger partial charge in [0.1, 0.15) is 11.6 Å². The van der Waals surface area contributed by atoms with E-state index in [1.165, 1.54) is 0 Å². The zero-order chi connectivity index (χ0) is 61.6. The van der Waals surface area contributed by atoms with Gasteiger partial charge in [-0.25, -0.2) is 39.9 Å². The summed E-state index contributed by atoms with van der Waals surface area (Å²) in [6.07, 6.45) is 0. The number of aromatic nitrogens is 10. The van der Waals surface area contributed by atoms with Crippen molar-refractivity contribution in [1.82, 2.24) is 49.0 Å². The summed E-state index contributed by atoms with van der Waals surface area (Å²) in [7, 11) is 5.24. The maximum atomic E-state index is 9.11. The molecule has 16 aromatic rings. The molecule has 0 bridgehead atoms. The fraction of sp³-hybridized carbons (Fsp3) is 0.0256. The van der Waals surface area contributed by atoms with Gasteiger partial charge in [0.2, 0.25) is 0 Å². The molecule has 441 valence electrons. The van der Waals surface area contributed by atoms with E-state index in [-0.39, 0.29) is 5.48 Å². The molecule has 0 atom stereocenters. The van der Waals surface area contributed by atoms with Gasteiger partial charge in [0.15, 0.2) is 34.9 Å². The summed E-state index contributed by atoms with van der Waals surface area (Å²) in [6.45, 7) is 0. The van der Waals surface area contributed by atoms with Crippen molar-refractivity contribution < 1.29 is 10.5 Å². The molecule has 16 rings (SSSR count). The molecule has 0 aliphatic rings. The van der Waals surface area contributed by atoms with E-state index in [1.807, 2.05) is 201 Å². The minimum Gasteiger partial charge on any atom is -0.450 e. The van der Waals surface area contributed by atoms with Crippen LogP contribution in [0, 0.1) is 0 Å². The van der Waals surface area contributed by atoms with Gasteiger partial charge in [-0.2, -0.15) is 0 Å². The number of rotatable bonds is 10. The normalized spacial score (nSPS) is 11.0. The average molecular weight is 1260 g/mol. The Kier molecular flexibility index (Phi) is 17.3. The van der Waals surface area contributed by atoms with Crippen molar-refractivity contribution in [3.05, 3.63) is 296 Å². The Morgan fingerprint density at radius 1 is 0.293 bits per heavy atom. The zero-order valence-electron chi connectivity index (χ0n) is 50.1. The number of hydrogen-bond acceptors (Lipinski definition) is 9. The van der Waals surface area contributed by atoms with Crippen molar-refractivity contribution in [2.45, 2.75) is 0 Å². The maximum Gasteiger partial charge on any atom is 0.326 e. The van der Waals surface area contributed by atoms with E-state index in [1.54, 1.807) is 0 Å². The summed E-state index contributed by atoms with van der Waals surface area (Å²) in [5.74, 6) is 5.85. The van der Waals surface area contributed by atoms with Crippen LogP contribution in [0.3, 0.4) is 0 Å². The highest BCUT2D eigenvalue weighted by atomic mass is 79.9. The van der Waals surface area contributed by atoms with Gasteiger partial charge in [0.25, 0.3) is 0 Å². The summed E-state index contributed by atoms with van der Waals surface area (Å²) in [5.41, 5.74) is 15.2. The number of nitrogens with zero attached hydrogens (tertiary/aromatic N) is 10. The predicted molar refractivity (Wildman–Crippen MR) is 377 cm³/mol. The lowest BCUT2D eigenvalue weighted by molar-refractivity contribution is 0.615. The predicted octanol–water partition coefficient (Wildman–Crippen LogP) is 16.7. The van der Waals surface area contributed by atoms with Crippen LogP contribution in [0.4, 0.5) is 0 Å². The molecule has 12 aromatic carbocycles. The third-order valence-corrected chi connectivity index (χ3v) is 16.6. The van der Waals surface area contributed by atoms with Gasteiger partial charge in [-0.05, 0) is 81.2 Å². The molecule has 1 radical (unpaired) electrons. The van der Waals surface area contributed by atoms with Crippen molar-refractivity contribution in [1.29, 1.82) is 0 Å². The fourth-order valence-electron chi connectivity index (χ4n) is 11.3. The second-order valence-electron chi connectivity index (χ2n) is 21.8. The average Bonchev–Trinajstić information content (AvgIpc) is 1.40. The zero-order valence-corrected chi connectivity index (χ0v) is 51.7. The Hall–Kier alpha value is -11.4. The first-order valence-corrected chi connectivity index (χ1v) is 30.5. The molecule has 4 aromatic heterocycles. The third kappa shape index (κ3) is 12.5. The first-order chi connectivity index (χ1) is 44.8. The Morgan fingerprint density at radius 2 is 0.620 bits per heavy atom. The first-order valence-electron chi connectivity index (χ1n) is 29.8. The van der Waals surface area contributed by atoms with Crippen LogP contribution >= 0.6 is 15.9 Å². The molecule has 0 amide bonds. The van der Waals surface area contributed by atoms with Crippen LogP contribution in [-0.4, -0.2) is 67.0 Å². The minimum atomic E-state index is 0. The topological polar surface area (TPSA) is 165 Å². The Balaban J connectivity index is 0.000000137. The van der Waals surface area contributed by atoms with E-state index in [2.05, 4.69) is 129 Å². The lowest BCUT2D eigenvalue weighted by atomic mass is 9.87. The number of hydrogen-bond donors (Lipinski definition) is 1. The van der Waals surface area contributed by atoms with Crippen molar-refractivity contribution in [2.24, 2.45) is 14.1 Å². The molecule has 0 spiro atoms. The molecule has 0 saturated carbocycles. The van der Waals surface area contributed by atoms with Gasteiger partial charge < -0.3 is 19.6 Å². The Morgan fingerprint density at radius 3 is 1.04 bits per heavy atom. The highest BCUT2D eigenvalue weighted by Crippen LogP contribution is 2.36. The molecule has 0 saturated heterocycles. The van der Waals surface area contributed by atoms with Gasteiger partial charge in [0, 0.05) is 63.1 Å². The minimum absolute atomic E-state index is 0. The number of imidazole rings is 2. The second-order valence-corrected chi connectivity index (χ2v) is 22.6.